The second-order valence-electron chi connectivity index (χ2n) is 4.11. The predicted octanol–water partition coefficient (Wildman–Crippen LogP) is 2.45. The molecule has 5 nitrogen and oxygen atoms in total. The second-order valence-corrected chi connectivity index (χ2v) is 4.11. The molecule has 0 saturated carbocycles. The van der Waals surface area contributed by atoms with Crippen LogP contribution in [0.1, 0.15) is 30.1 Å². The van der Waals surface area contributed by atoms with Gasteiger partial charge in [0.05, 0.1) is 17.3 Å². The molecule has 2 amide bonds. The van der Waals surface area contributed by atoms with E-state index in [0.29, 0.717) is 6.42 Å². The van der Waals surface area contributed by atoms with Crippen LogP contribution in [0.3, 0.4) is 0 Å². The molecule has 0 aromatic heterocycles. The number of aromatic carboxylic acids is 1. The number of rotatable bonds is 5. The number of carboxylic acids is 1. The SMILES string of the molecule is C#CC(CCC)NC(=O)Nc1ccc(C(=O)O)cc1F. The molecule has 0 bridgehead atoms. The lowest BCUT2D eigenvalue weighted by Gasteiger charge is -2.13. The lowest BCUT2D eigenvalue weighted by Crippen LogP contribution is -2.37. The molecular formula is C14H15FN2O3. The fraction of sp³-hybridized carbons (Fsp3) is 0.286. The van der Waals surface area contributed by atoms with Crippen molar-refractivity contribution in [2.75, 3.05) is 5.32 Å². The standard InChI is InChI=1S/C14H15FN2O3/c1-3-5-10(4-2)16-14(20)17-12-7-6-9(13(18)19)8-11(12)15/h2,6-8,10H,3,5H2,1H3,(H,18,19)(H2,16,17,20). The summed E-state index contributed by atoms with van der Waals surface area (Å²) in [5.41, 5.74) is -0.305. The van der Waals surface area contributed by atoms with E-state index in [9.17, 15) is 14.0 Å². The molecule has 1 rings (SSSR count). The smallest absolute Gasteiger partial charge is 0.335 e. The number of nitrogens with one attached hydrogen (secondary N) is 2. The van der Waals surface area contributed by atoms with E-state index < -0.39 is 23.9 Å². The number of hydrogen-bond acceptors (Lipinski definition) is 2. The van der Waals surface area contributed by atoms with Crippen LogP contribution in [0.4, 0.5) is 14.9 Å². The molecule has 0 aliphatic rings. The van der Waals surface area contributed by atoms with Gasteiger partial charge in [-0.3, -0.25) is 0 Å². The van der Waals surface area contributed by atoms with Crippen LogP contribution in [0.15, 0.2) is 18.2 Å². The van der Waals surface area contributed by atoms with Gasteiger partial charge in [-0.25, -0.2) is 14.0 Å². The maximum absolute atomic E-state index is 13.6. The third kappa shape index (κ3) is 4.28. The number of anilines is 1. The molecule has 6 heteroatoms. The Bertz CT molecular complexity index is 552. The minimum absolute atomic E-state index is 0.111. The zero-order chi connectivity index (χ0) is 15.1. The summed E-state index contributed by atoms with van der Waals surface area (Å²) < 4.78 is 13.6. The maximum Gasteiger partial charge on any atom is 0.335 e. The Hall–Kier alpha value is -2.55. The van der Waals surface area contributed by atoms with Crippen LogP contribution in [-0.4, -0.2) is 23.1 Å². The summed E-state index contributed by atoms with van der Waals surface area (Å²) in [6, 6.07) is 2.15. The van der Waals surface area contributed by atoms with Gasteiger partial charge in [0.1, 0.15) is 5.82 Å². The molecule has 1 aromatic rings. The van der Waals surface area contributed by atoms with Gasteiger partial charge in [-0.15, -0.1) is 6.42 Å². The van der Waals surface area contributed by atoms with Crippen LogP contribution >= 0.6 is 0 Å². The van der Waals surface area contributed by atoms with E-state index in [2.05, 4.69) is 16.6 Å². The third-order valence-corrected chi connectivity index (χ3v) is 2.55. The molecule has 20 heavy (non-hydrogen) atoms. The van der Waals surface area contributed by atoms with E-state index in [0.717, 1.165) is 12.5 Å². The van der Waals surface area contributed by atoms with Gasteiger partial charge in [0.2, 0.25) is 0 Å². The molecule has 3 N–H and O–H groups in total. The van der Waals surface area contributed by atoms with Crippen molar-refractivity contribution in [2.45, 2.75) is 25.8 Å². The minimum atomic E-state index is -1.24. The number of halogens is 1. The van der Waals surface area contributed by atoms with Crippen LogP contribution < -0.4 is 10.6 Å². The van der Waals surface area contributed by atoms with Crippen LogP contribution in [0.5, 0.6) is 0 Å². The van der Waals surface area contributed by atoms with E-state index >= 15 is 0 Å². The largest absolute Gasteiger partial charge is 0.478 e. The fourth-order valence-electron chi connectivity index (χ4n) is 1.55. The first-order valence-electron chi connectivity index (χ1n) is 6.04. The van der Waals surface area contributed by atoms with Crippen molar-refractivity contribution in [1.82, 2.24) is 5.32 Å². The number of carbonyl (C=O) groups is 2. The number of urea groups is 1. The number of terminal acetylenes is 1. The fourth-order valence-corrected chi connectivity index (χ4v) is 1.55. The summed E-state index contributed by atoms with van der Waals surface area (Å²) in [7, 11) is 0. The lowest BCUT2D eigenvalue weighted by molar-refractivity contribution is 0.0696. The van der Waals surface area contributed by atoms with E-state index in [1.165, 1.54) is 12.1 Å². The molecule has 0 heterocycles. The van der Waals surface area contributed by atoms with Gasteiger partial charge in [-0.2, -0.15) is 0 Å². The van der Waals surface area contributed by atoms with Crippen LogP contribution in [0.25, 0.3) is 0 Å². The van der Waals surface area contributed by atoms with E-state index in [-0.39, 0.29) is 11.3 Å². The molecule has 1 atom stereocenters. The molecule has 0 aliphatic heterocycles. The topological polar surface area (TPSA) is 78.4 Å². The zero-order valence-electron chi connectivity index (χ0n) is 10.9. The molecule has 0 fully saturated rings. The summed E-state index contributed by atoms with van der Waals surface area (Å²) >= 11 is 0. The highest BCUT2D eigenvalue weighted by Crippen LogP contribution is 2.15. The van der Waals surface area contributed by atoms with Crippen LogP contribution in [-0.2, 0) is 0 Å². The zero-order valence-corrected chi connectivity index (χ0v) is 10.9. The second kappa shape index (κ2) is 7.14. The van der Waals surface area contributed by atoms with Gasteiger partial charge in [-0.05, 0) is 24.6 Å². The first-order chi connectivity index (χ1) is 9.47. The molecule has 0 saturated heterocycles. The number of amides is 2. The molecule has 0 spiro atoms. The Labute approximate surface area is 116 Å². The van der Waals surface area contributed by atoms with Crippen molar-refractivity contribution in [2.24, 2.45) is 0 Å². The number of carboxylic acid groups (broad SMARTS) is 1. The molecule has 0 aliphatic carbocycles. The van der Waals surface area contributed by atoms with E-state index in [1.54, 1.807) is 0 Å². The maximum atomic E-state index is 13.6. The first-order valence-corrected chi connectivity index (χ1v) is 6.04. The van der Waals surface area contributed by atoms with Gasteiger partial charge in [-0.1, -0.05) is 19.3 Å². The molecule has 1 unspecified atom stereocenters. The average molecular weight is 278 g/mol. The monoisotopic (exact) mass is 278 g/mol. The van der Waals surface area contributed by atoms with Gasteiger partial charge < -0.3 is 15.7 Å². The van der Waals surface area contributed by atoms with Gasteiger partial charge >= 0.3 is 12.0 Å². The summed E-state index contributed by atoms with van der Waals surface area (Å²) in [6.45, 7) is 1.92. The Morgan fingerprint density at radius 3 is 2.70 bits per heavy atom. The minimum Gasteiger partial charge on any atom is -0.478 e. The Morgan fingerprint density at radius 2 is 2.20 bits per heavy atom. The van der Waals surface area contributed by atoms with Crippen molar-refractivity contribution in [3.05, 3.63) is 29.6 Å². The van der Waals surface area contributed by atoms with Crippen molar-refractivity contribution in [3.8, 4) is 12.3 Å². The van der Waals surface area contributed by atoms with Crippen molar-refractivity contribution in [1.29, 1.82) is 0 Å². The lowest BCUT2D eigenvalue weighted by atomic mass is 10.2. The molecule has 106 valence electrons. The van der Waals surface area contributed by atoms with E-state index in [1.807, 2.05) is 6.92 Å². The van der Waals surface area contributed by atoms with Crippen molar-refractivity contribution in [3.63, 3.8) is 0 Å². The molecular weight excluding hydrogens is 263 g/mol. The normalized spacial score (nSPS) is 11.2. The van der Waals surface area contributed by atoms with Crippen molar-refractivity contribution >= 4 is 17.7 Å². The van der Waals surface area contributed by atoms with Gasteiger partial charge in [0.25, 0.3) is 0 Å². The summed E-state index contributed by atoms with van der Waals surface area (Å²) in [6.07, 6.45) is 6.67. The Balaban J connectivity index is 2.71. The highest BCUT2D eigenvalue weighted by molar-refractivity contribution is 5.92. The number of carbonyl (C=O) groups excluding carboxylic acids is 1. The highest BCUT2D eigenvalue weighted by atomic mass is 19.1. The summed E-state index contributed by atoms with van der Waals surface area (Å²) in [5.74, 6) is 0.348. The summed E-state index contributed by atoms with van der Waals surface area (Å²) in [4.78, 5) is 22.3. The number of benzene rings is 1. The van der Waals surface area contributed by atoms with Gasteiger partial charge in [0, 0.05) is 0 Å². The third-order valence-electron chi connectivity index (χ3n) is 2.55. The number of hydrogen-bond donors (Lipinski definition) is 3. The summed E-state index contributed by atoms with van der Waals surface area (Å²) in [5, 5.41) is 13.5. The molecule has 0 radical (unpaired) electrons. The van der Waals surface area contributed by atoms with Gasteiger partial charge in [0.15, 0.2) is 0 Å². The van der Waals surface area contributed by atoms with Crippen LogP contribution in [0, 0.1) is 18.2 Å². The highest BCUT2D eigenvalue weighted by Gasteiger charge is 2.12. The van der Waals surface area contributed by atoms with Crippen LogP contribution in [0.2, 0.25) is 0 Å². The Morgan fingerprint density at radius 1 is 1.50 bits per heavy atom. The predicted molar refractivity (Wildman–Crippen MR) is 73.0 cm³/mol. The van der Waals surface area contributed by atoms with Crippen molar-refractivity contribution < 1.29 is 19.1 Å². The Kier molecular flexibility index (Phi) is 5.54. The quantitative estimate of drug-likeness (QED) is 0.724. The molecule has 1 aromatic carbocycles. The average Bonchev–Trinajstić information content (AvgIpc) is 2.40. The van der Waals surface area contributed by atoms with E-state index in [4.69, 9.17) is 11.5 Å². The first kappa shape index (κ1) is 15.5.